The van der Waals surface area contributed by atoms with Gasteiger partial charge in [-0.3, -0.25) is 9.59 Å². The van der Waals surface area contributed by atoms with Crippen molar-refractivity contribution in [3.63, 3.8) is 0 Å². The summed E-state index contributed by atoms with van der Waals surface area (Å²) in [6, 6.07) is 8.81. The highest BCUT2D eigenvalue weighted by molar-refractivity contribution is 5.82. The fourth-order valence-corrected chi connectivity index (χ4v) is 1.98. The lowest BCUT2D eigenvalue weighted by Gasteiger charge is -2.28. The van der Waals surface area contributed by atoms with Crippen LogP contribution in [0.15, 0.2) is 30.3 Å². The van der Waals surface area contributed by atoms with Crippen molar-refractivity contribution in [1.82, 2.24) is 0 Å². The molecule has 0 saturated heterocycles. The van der Waals surface area contributed by atoms with Crippen LogP contribution >= 0.6 is 0 Å². The van der Waals surface area contributed by atoms with Crippen molar-refractivity contribution in [3.05, 3.63) is 35.9 Å². The molecule has 2 N–H and O–H groups in total. The van der Waals surface area contributed by atoms with E-state index in [2.05, 4.69) is 0 Å². The summed E-state index contributed by atoms with van der Waals surface area (Å²) in [5.41, 5.74) is -0.434. The van der Waals surface area contributed by atoms with Crippen molar-refractivity contribution in [3.8, 4) is 0 Å². The van der Waals surface area contributed by atoms with Gasteiger partial charge in [0.25, 0.3) is 0 Å². The summed E-state index contributed by atoms with van der Waals surface area (Å²) in [6.45, 7) is 1.77. The van der Waals surface area contributed by atoms with E-state index in [9.17, 15) is 14.7 Å². The number of rotatable bonds is 6. The monoisotopic (exact) mass is 236 g/mol. The van der Waals surface area contributed by atoms with E-state index in [0.29, 0.717) is 12.0 Å². The summed E-state index contributed by atoms with van der Waals surface area (Å²) < 4.78 is 0. The molecule has 0 heterocycles. The molecule has 1 atom stereocenters. The van der Waals surface area contributed by atoms with Crippen LogP contribution in [0.5, 0.6) is 0 Å². The van der Waals surface area contributed by atoms with Crippen LogP contribution in [0.4, 0.5) is 0 Å². The number of carboxylic acid groups (broad SMARTS) is 2. The molecule has 0 aliphatic heterocycles. The molecule has 0 aliphatic rings. The molecule has 4 heteroatoms. The predicted octanol–water partition coefficient (Wildman–Crippen LogP) is 2.28. The Balaban J connectivity index is 3.09. The summed E-state index contributed by atoms with van der Waals surface area (Å²) in [6.07, 6.45) is 0.340. The first kappa shape index (κ1) is 13.2. The highest BCUT2D eigenvalue weighted by Gasteiger charge is 2.38. The Kier molecular flexibility index (Phi) is 4.26. The first-order chi connectivity index (χ1) is 8.03. The Labute approximate surface area is 99.9 Å². The largest absolute Gasteiger partial charge is 0.481 e. The molecule has 4 nitrogen and oxygen atoms in total. The molecule has 92 valence electrons. The van der Waals surface area contributed by atoms with Gasteiger partial charge in [-0.05, 0) is 18.4 Å². The summed E-state index contributed by atoms with van der Waals surface area (Å²) in [5, 5.41) is 18.1. The highest BCUT2D eigenvalue weighted by atomic mass is 16.4. The number of carbonyl (C=O) groups is 2. The molecule has 0 bridgehead atoms. The zero-order valence-electron chi connectivity index (χ0n) is 9.72. The Morgan fingerprint density at radius 3 is 2.18 bits per heavy atom. The Morgan fingerprint density at radius 2 is 1.76 bits per heavy atom. The third kappa shape index (κ3) is 2.84. The predicted molar refractivity (Wildman–Crippen MR) is 62.9 cm³/mol. The third-order valence-electron chi connectivity index (χ3n) is 3.10. The Bertz CT molecular complexity index is 399. The average Bonchev–Trinajstić information content (AvgIpc) is 2.31. The summed E-state index contributed by atoms with van der Waals surface area (Å²) >= 11 is 0. The normalized spacial score (nSPS) is 13.9. The van der Waals surface area contributed by atoms with E-state index in [1.807, 2.05) is 6.07 Å². The summed E-state index contributed by atoms with van der Waals surface area (Å²) in [4.78, 5) is 22.1. The number of aliphatic carboxylic acids is 2. The van der Waals surface area contributed by atoms with Gasteiger partial charge in [-0.2, -0.15) is 0 Å². The molecule has 0 aromatic heterocycles. The molecule has 1 rings (SSSR count). The molecular formula is C13H16O4. The number of benzene rings is 1. The number of hydrogen-bond donors (Lipinski definition) is 2. The van der Waals surface area contributed by atoms with Gasteiger partial charge < -0.3 is 10.2 Å². The van der Waals surface area contributed by atoms with Gasteiger partial charge in [0.1, 0.15) is 0 Å². The fraction of sp³-hybridized carbons (Fsp3) is 0.385. The van der Waals surface area contributed by atoms with Crippen LogP contribution in [0.1, 0.15) is 31.7 Å². The Morgan fingerprint density at radius 1 is 1.18 bits per heavy atom. The van der Waals surface area contributed by atoms with E-state index in [0.717, 1.165) is 0 Å². The minimum Gasteiger partial charge on any atom is -0.481 e. The molecule has 0 saturated carbocycles. The van der Waals surface area contributed by atoms with Crippen LogP contribution in [-0.4, -0.2) is 22.2 Å². The van der Waals surface area contributed by atoms with Gasteiger partial charge in [0.2, 0.25) is 0 Å². The quantitative estimate of drug-likeness (QED) is 0.794. The van der Waals surface area contributed by atoms with Gasteiger partial charge in [-0.25, -0.2) is 0 Å². The molecule has 0 radical (unpaired) electrons. The van der Waals surface area contributed by atoms with Crippen LogP contribution < -0.4 is 0 Å². The summed E-state index contributed by atoms with van der Waals surface area (Å²) in [7, 11) is 0. The van der Waals surface area contributed by atoms with E-state index < -0.39 is 17.4 Å². The van der Waals surface area contributed by atoms with Crippen LogP contribution in [0.25, 0.3) is 0 Å². The fourth-order valence-electron chi connectivity index (χ4n) is 1.98. The van der Waals surface area contributed by atoms with Gasteiger partial charge in [-0.15, -0.1) is 0 Å². The number of hydrogen-bond acceptors (Lipinski definition) is 2. The highest BCUT2D eigenvalue weighted by Crippen LogP contribution is 2.33. The Hall–Kier alpha value is -1.84. The lowest BCUT2D eigenvalue weighted by molar-refractivity contribution is -0.145. The maximum atomic E-state index is 11.5. The van der Waals surface area contributed by atoms with Gasteiger partial charge in [0.15, 0.2) is 0 Å². The minimum atomic E-state index is -1.10. The SMILES string of the molecule is CC[C@@](CCC(=O)O)(C(=O)O)c1ccccc1. The van der Waals surface area contributed by atoms with Gasteiger partial charge in [0.05, 0.1) is 5.41 Å². The first-order valence-electron chi connectivity index (χ1n) is 5.53. The maximum absolute atomic E-state index is 11.5. The first-order valence-corrected chi connectivity index (χ1v) is 5.53. The van der Waals surface area contributed by atoms with Crippen molar-refractivity contribution in [2.75, 3.05) is 0 Å². The lowest BCUT2D eigenvalue weighted by atomic mass is 9.74. The zero-order valence-corrected chi connectivity index (χ0v) is 9.72. The lowest BCUT2D eigenvalue weighted by Crippen LogP contribution is -2.35. The minimum absolute atomic E-state index is 0.109. The molecule has 0 amide bonds. The molecule has 1 aromatic rings. The molecule has 1 aromatic carbocycles. The van der Waals surface area contributed by atoms with Crippen molar-refractivity contribution in [2.45, 2.75) is 31.6 Å². The van der Waals surface area contributed by atoms with Crippen molar-refractivity contribution >= 4 is 11.9 Å². The van der Waals surface area contributed by atoms with Crippen LogP contribution in [0.3, 0.4) is 0 Å². The molecule has 0 unspecified atom stereocenters. The van der Waals surface area contributed by atoms with Crippen molar-refractivity contribution in [2.24, 2.45) is 0 Å². The third-order valence-corrected chi connectivity index (χ3v) is 3.10. The summed E-state index contributed by atoms with van der Waals surface area (Å²) in [5.74, 6) is -1.94. The maximum Gasteiger partial charge on any atom is 0.314 e. The topological polar surface area (TPSA) is 74.6 Å². The second-order valence-corrected chi connectivity index (χ2v) is 4.00. The van der Waals surface area contributed by atoms with E-state index in [1.54, 1.807) is 31.2 Å². The van der Waals surface area contributed by atoms with Crippen molar-refractivity contribution < 1.29 is 19.8 Å². The number of carboxylic acids is 2. The van der Waals surface area contributed by atoms with E-state index in [4.69, 9.17) is 5.11 Å². The zero-order chi connectivity index (χ0) is 12.9. The second-order valence-electron chi connectivity index (χ2n) is 4.00. The smallest absolute Gasteiger partial charge is 0.314 e. The van der Waals surface area contributed by atoms with E-state index in [1.165, 1.54) is 0 Å². The van der Waals surface area contributed by atoms with Gasteiger partial charge in [0, 0.05) is 6.42 Å². The molecule has 0 aliphatic carbocycles. The van der Waals surface area contributed by atoms with Crippen LogP contribution in [0, 0.1) is 0 Å². The van der Waals surface area contributed by atoms with E-state index >= 15 is 0 Å². The standard InChI is InChI=1S/C13H16O4/c1-2-13(12(16)17,9-8-11(14)15)10-6-4-3-5-7-10/h3-7H,2,8-9H2,1H3,(H,14,15)(H,16,17)/t13-/m0/s1. The van der Waals surface area contributed by atoms with Crippen molar-refractivity contribution in [1.29, 1.82) is 0 Å². The van der Waals surface area contributed by atoms with E-state index in [-0.39, 0.29) is 12.8 Å². The second kappa shape index (κ2) is 5.48. The van der Waals surface area contributed by atoms with Gasteiger partial charge >= 0.3 is 11.9 Å². The molecule has 17 heavy (non-hydrogen) atoms. The molecule has 0 spiro atoms. The molecular weight excluding hydrogens is 220 g/mol. The molecule has 0 fully saturated rings. The van der Waals surface area contributed by atoms with Crippen LogP contribution in [0.2, 0.25) is 0 Å². The average molecular weight is 236 g/mol. The van der Waals surface area contributed by atoms with Crippen LogP contribution in [-0.2, 0) is 15.0 Å². The van der Waals surface area contributed by atoms with Gasteiger partial charge in [-0.1, -0.05) is 37.3 Å².